The molecule has 1 fully saturated rings. The van der Waals surface area contributed by atoms with E-state index in [1.165, 1.54) is 12.1 Å². The zero-order valence-corrected chi connectivity index (χ0v) is 10.6. The van der Waals surface area contributed by atoms with E-state index in [0.717, 1.165) is 37.8 Å². The summed E-state index contributed by atoms with van der Waals surface area (Å²) in [6.45, 7) is 1.79. The van der Waals surface area contributed by atoms with E-state index < -0.39 is 0 Å². The van der Waals surface area contributed by atoms with Crippen LogP contribution >= 0.6 is 0 Å². The molecule has 0 atom stereocenters. The fourth-order valence-corrected chi connectivity index (χ4v) is 2.34. The normalized spacial score (nSPS) is 16.1. The summed E-state index contributed by atoms with van der Waals surface area (Å²) in [5.41, 5.74) is 1.13. The van der Waals surface area contributed by atoms with Crippen LogP contribution in [0.3, 0.4) is 0 Å². The summed E-state index contributed by atoms with van der Waals surface area (Å²) in [5.74, 6) is 0. The second kappa shape index (κ2) is 6.33. The maximum atomic E-state index is 10.6. The molecular weight excluding hydrogens is 245 g/mol. The number of hydrogen-bond acceptors (Lipinski definition) is 5. The Bertz CT molecular complexity index is 444. The largest absolute Gasteiger partial charge is 0.371 e. The van der Waals surface area contributed by atoms with Gasteiger partial charge in [-0.3, -0.25) is 10.1 Å². The highest BCUT2D eigenvalue weighted by atomic mass is 16.6. The summed E-state index contributed by atoms with van der Waals surface area (Å²) in [6.07, 6.45) is 2.83. The number of hydrogen-bond donors (Lipinski definition) is 1. The zero-order chi connectivity index (χ0) is 13.7. The van der Waals surface area contributed by atoms with Crippen molar-refractivity contribution in [3.8, 4) is 0 Å². The lowest BCUT2D eigenvalue weighted by Gasteiger charge is -2.33. The smallest absolute Gasteiger partial charge is 0.278 e. The van der Waals surface area contributed by atoms with Crippen LogP contribution in [-0.2, 0) is 4.79 Å². The van der Waals surface area contributed by atoms with Crippen LogP contribution in [0.2, 0.25) is 0 Å². The summed E-state index contributed by atoms with van der Waals surface area (Å²) in [4.78, 5) is 22.7. The maximum Gasteiger partial charge on any atom is 0.278 e. The van der Waals surface area contributed by atoms with Crippen LogP contribution in [0.1, 0.15) is 12.8 Å². The lowest BCUT2D eigenvalue weighted by atomic mass is 9.93. The van der Waals surface area contributed by atoms with Crippen LogP contribution in [0, 0.1) is 10.1 Å². The predicted molar refractivity (Wildman–Crippen MR) is 75.4 cm³/mol. The molecule has 0 aliphatic carbocycles. The summed E-state index contributed by atoms with van der Waals surface area (Å²) in [5, 5.41) is 13.8. The van der Waals surface area contributed by atoms with E-state index in [1.807, 2.05) is 0 Å². The van der Waals surface area contributed by atoms with Crippen molar-refractivity contribution in [1.29, 1.82) is 0 Å². The van der Waals surface area contributed by atoms with Gasteiger partial charge in [-0.15, -0.1) is 0 Å². The van der Waals surface area contributed by atoms with Crippen molar-refractivity contribution in [1.82, 2.24) is 5.23 Å². The molecule has 1 aliphatic rings. The van der Waals surface area contributed by atoms with Gasteiger partial charge in [0.25, 0.3) is 13.1 Å². The van der Waals surface area contributed by atoms with E-state index >= 15 is 0 Å². The molecule has 6 nitrogen and oxygen atoms in total. The number of nitro benzene ring substituents is 1. The molecule has 0 aromatic heterocycles. The fraction of sp³-hybridized carbons (Fsp3) is 0.417. The summed E-state index contributed by atoms with van der Waals surface area (Å²) in [7, 11) is 0.405. The molecule has 1 aromatic carbocycles. The highest BCUT2D eigenvalue weighted by Crippen LogP contribution is 2.22. The molecule has 7 heteroatoms. The van der Waals surface area contributed by atoms with Gasteiger partial charge in [-0.05, 0) is 31.0 Å². The number of carbonyl (C=O) groups is 1. The minimum absolute atomic E-state index is 0.117. The molecule has 0 bridgehead atoms. The molecule has 1 N–H and O–H groups in total. The first-order valence-corrected chi connectivity index (χ1v) is 6.37. The van der Waals surface area contributed by atoms with E-state index in [0.29, 0.717) is 13.5 Å². The van der Waals surface area contributed by atoms with Crippen molar-refractivity contribution in [2.24, 2.45) is 0 Å². The minimum atomic E-state index is -0.390. The predicted octanol–water partition coefficient (Wildman–Crippen LogP) is 0.695. The number of non-ortho nitro benzene ring substituents is 1. The van der Waals surface area contributed by atoms with Gasteiger partial charge in [0, 0.05) is 30.9 Å². The van der Waals surface area contributed by atoms with Crippen LogP contribution in [0.25, 0.3) is 0 Å². The number of nitrogens with one attached hydrogen (secondary N) is 1. The third-order valence-corrected chi connectivity index (χ3v) is 3.41. The maximum absolute atomic E-state index is 10.6. The standard InChI is InChI=1S/C12H16BN3O3/c17-9-13-14-10-5-7-15(8-6-10)11-1-3-12(4-2-11)16(18)19/h1-4,9-10,13-14H,5-8H2. The van der Waals surface area contributed by atoms with E-state index in [-0.39, 0.29) is 10.6 Å². The van der Waals surface area contributed by atoms with Gasteiger partial charge in [0.05, 0.1) is 11.1 Å². The Morgan fingerprint density at radius 2 is 1.95 bits per heavy atom. The third-order valence-electron chi connectivity index (χ3n) is 3.41. The van der Waals surface area contributed by atoms with Crippen molar-refractivity contribution in [2.45, 2.75) is 18.9 Å². The fourth-order valence-electron chi connectivity index (χ4n) is 2.34. The molecular formula is C12H16BN3O3. The van der Waals surface area contributed by atoms with E-state index in [9.17, 15) is 14.9 Å². The number of nitrogens with zero attached hydrogens (tertiary/aromatic N) is 2. The molecule has 19 heavy (non-hydrogen) atoms. The van der Waals surface area contributed by atoms with Gasteiger partial charge in [-0.1, -0.05) is 0 Å². The Balaban J connectivity index is 1.90. The lowest BCUT2D eigenvalue weighted by Crippen LogP contribution is -2.44. The lowest BCUT2D eigenvalue weighted by molar-refractivity contribution is -0.384. The summed E-state index contributed by atoms with van der Waals surface area (Å²) in [6, 6.07) is 7.03. The molecule has 0 spiro atoms. The van der Waals surface area contributed by atoms with Crippen molar-refractivity contribution in [2.75, 3.05) is 18.0 Å². The molecule has 0 amide bonds. The van der Waals surface area contributed by atoms with Crippen LogP contribution in [0.5, 0.6) is 0 Å². The number of piperidine rings is 1. The SMILES string of the molecule is O=CBNC1CCN(c2ccc([N+](=O)[O-])cc2)CC1. The molecule has 0 radical (unpaired) electrons. The topological polar surface area (TPSA) is 75.5 Å². The molecule has 2 rings (SSSR count). The van der Waals surface area contributed by atoms with Gasteiger partial charge in [-0.2, -0.15) is 0 Å². The van der Waals surface area contributed by atoms with Crippen LogP contribution < -0.4 is 10.1 Å². The zero-order valence-electron chi connectivity index (χ0n) is 10.6. The van der Waals surface area contributed by atoms with Crippen molar-refractivity contribution in [3.05, 3.63) is 34.4 Å². The Hall–Kier alpha value is -1.89. The highest BCUT2D eigenvalue weighted by Gasteiger charge is 2.19. The molecule has 0 saturated carbocycles. The van der Waals surface area contributed by atoms with Crippen LogP contribution in [0.15, 0.2) is 24.3 Å². The Kier molecular flexibility index (Phi) is 4.51. The number of anilines is 1. The van der Waals surface area contributed by atoms with Gasteiger partial charge in [0.15, 0.2) is 0 Å². The molecule has 1 heterocycles. The van der Waals surface area contributed by atoms with Crippen molar-refractivity contribution >= 4 is 25.0 Å². The van der Waals surface area contributed by atoms with Gasteiger partial charge in [0.2, 0.25) is 0 Å². The number of carbonyl (C=O) groups excluding carboxylic acids is 1. The van der Waals surface area contributed by atoms with Crippen LogP contribution in [0.4, 0.5) is 11.4 Å². The first kappa shape index (κ1) is 13.5. The number of rotatable bonds is 5. The summed E-state index contributed by atoms with van der Waals surface area (Å²) < 4.78 is 0. The third kappa shape index (κ3) is 3.54. The molecule has 0 unspecified atom stereocenters. The van der Waals surface area contributed by atoms with Gasteiger partial charge in [0.1, 0.15) is 0 Å². The molecule has 1 aliphatic heterocycles. The van der Waals surface area contributed by atoms with E-state index in [2.05, 4.69) is 10.1 Å². The number of nitro groups is 1. The van der Waals surface area contributed by atoms with E-state index in [4.69, 9.17) is 0 Å². The quantitative estimate of drug-likeness (QED) is 0.365. The molecule has 1 saturated heterocycles. The average Bonchev–Trinajstić information content (AvgIpc) is 2.46. The van der Waals surface area contributed by atoms with Crippen molar-refractivity contribution < 1.29 is 9.72 Å². The average molecular weight is 261 g/mol. The molecule has 100 valence electrons. The number of benzene rings is 1. The van der Waals surface area contributed by atoms with E-state index in [1.54, 1.807) is 12.1 Å². The second-order valence-corrected chi connectivity index (χ2v) is 4.61. The second-order valence-electron chi connectivity index (χ2n) is 4.61. The molecule has 1 aromatic rings. The highest BCUT2D eigenvalue weighted by molar-refractivity contribution is 6.64. The van der Waals surface area contributed by atoms with Crippen molar-refractivity contribution in [3.63, 3.8) is 0 Å². The van der Waals surface area contributed by atoms with Gasteiger partial charge in [-0.25, -0.2) is 0 Å². The first-order valence-electron chi connectivity index (χ1n) is 6.37. The Morgan fingerprint density at radius 1 is 1.32 bits per heavy atom. The first-order chi connectivity index (χ1) is 9.20. The van der Waals surface area contributed by atoms with Crippen LogP contribution in [-0.4, -0.2) is 37.7 Å². The summed E-state index contributed by atoms with van der Waals surface area (Å²) >= 11 is 0. The van der Waals surface area contributed by atoms with Gasteiger partial charge < -0.3 is 14.9 Å². The monoisotopic (exact) mass is 261 g/mol. The minimum Gasteiger partial charge on any atom is -0.371 e. The Morgan fingerprint density at radius 3 is 2.47 bits per heavy atom. The Labute approximate surface area is 112 Å². The van der Waals surface area contributed by atoms with Gasteiger partial charge >= 0.3 is 0 Å².